The van der Waals surface area contributed by atoms with Crippen LogP contribution in [0.2, 0.25) is 0 Å². The van der Waals surface area contributed by atoms with Crippen LogP contribution in [0.15, 0.2) is 42.9 Å². The van der Waals surface area contributed by atoms with Crippen molar-refractivity contribution >= 4 is 11.0 Å². The van der Waals surface area contributed by atoms with Gasteiger partial charge in [0.2, 0.25) is 0 Å². The molecule has 0 bridgehead atoms. The first kappa shape index (κ1) is 17.1. The van der Waals surface area contributed by atoms with E-state index in [9.17, 15) is 19.7 Å². The molecule has 0 aliphatic heterocycles. The maximum Gasteiger partial charge on any atom is 0.143 e. The monoisotopic (exact) mass is 357 g/mol. The standard InChI is InChI=1S/C19H20FN3O3/c1-10-13-6-7-23(19(13)22-9-21-10)15-8-14(17(25)18(15)26)16(24)11-2-4-12(20)5-3-11/h2-7,9,14-18,24-26H,8H2,1H3/t14?,15?,16?,17-,18+/m1/s1. The molecule has 5 atom stereocenters. The van der Waals surface area contributed by atoms with Gasteiger partial charge in [-0.15, -0.1) is 0 Å². The number of aliphatic hydroxyl groups excluding tert-OH is 3. The van der Waals surface area contributed by atoms with E-state index < -0.39 is 30.3 Å². The summed E-state index contributed by atoms with van der Waals surface area (Å²) in [5, 5.41) is 32.6. The molecule has 3 unspecified atom stereocenters. The van der Waals surface area contributed by atoms with Crippen LogP contribution in [0.1, 0.15) is 29.8 Å². The third-order valence-corrected chi connectivity index (χ3v) is 5.38. The summed E-state index contributed by atoms with van der Waals surface area (Å²) >= 11 is 0. The molecular formula is C19H20FN3O3. The Morgan fingerprint density at radius 3 is 2.58 bits per heavy atom. The fourth-order valence-corrected chi connectivity index (χ4v) is 3.90. The molecule has 7 heteroatoms. The van der Waals surface area contributed by atoms with Crippen molar-refractivity contribution in [2.24, 2.45) is 5.92 Å². The van der Waals surface area contributed by atoms with Gasteiger partial charge < -0.3 is 19.9 Å². The molecule has 1 fully saturated rings. The predicted octanol–water partition coefficient (Wildman–Crippen LogP) is 1.90. The second-order valence-electron chi connectivity index (χ2n) is 6.86. The molecule has 26 heavy (non-hydrogen) atoms. The first-order valence-corrected chi connectivity index (χ1v) is 8.55. The van der Waals surface area contributed by atoms with Crippen LogP contribution < -0.4 is 0 Å². The quantitative estimate of drug-likeness (QED) is 0.666. The van der Waals surface area contributed by atoms with Crippen molar-refractivity contribution in [1.29, 1.82) is 0 Å². The van der Waals surface area contributed by atoms with Gasteiger partial charge in [-0.2, -0.15) is 0 Å². The van der Waals surface area contributed by atoms with Crippen molar-refractivity contribution in [2.45, 2.75) is 37.7 Å². The Balaban J connectivity index is 1.65. The maximum absolute atomic E-state index is 13.1. The van der Waals surface area contributed by atoms with Gasteiger partial charge in [0.1, 0.15) is 23.9 Å². The number of nitrogens with zero attached hydrogens (tertiary/aromatic N) is 3. The minimum Gasteiger partial charge on any atom is -0.390 e. The van der Waals surface area contributed by atoms with Gasteiger partial charge in [0.15, 0.2) is 0 Å². The molecule has 6 nitrogen and oxygen atoms in total. The summed E-state index contributed by atoms with van der Waals surface area (Å²) < 4.78 is 14.9. The lowest BCUT2D eigenvalue weighted by molar-refractivity contribution is -0.0264. The van der Waals surface area contributed by atoms with E-state index in [1.807, 2.05) is 23.8 Å². The summed E-state index contributed by atoms with van der Waals surface area (Å²) in [6, 6.07) is 6.99. The van der Waals surface area contributed by atoms with E-state index in [4.69, 9.17) is 0 Å². The molecule has 1 aliphatic carbocycles. The van der Waals surface area contributed by atoms with Crippen LogP contribution in [0.3, 0.4) is 0 Å². The van der Waals surface area contributed by atoms with E-state index in [2.05, 4.69) is 9.97 Å². The molecule has 4 rings (SSSR count). The molecule has 0 saturated heterocycles. The smallest absolute Gasteiger partial charge is 0.143 e. The van der Waals surface area contributed by atoms with Crippen molar-refractivity contribution in [2.75, 3.05) is 0 Å². The average Bonchev–Trinajstić information content (AvgIpc) is 3.18. The molecule has 3 N–H and O–H groups in total. The summed E-state index contributed by atoms with van der Waals surface area (Å²) in [7, 11) is 0. The van der Waals surface area contributed by atoms with Gasteiger partial charge in [-0.05, 0) is 37.1 Å². The minimum atomic E-state index is -1.10. The first-order valence-electron chi connectivity index (χ1n) is 8.55. The highest BCUT2D eigenvalue weighted by atomic mass is 19.1. The Hall–Kier alpha value is -2.35. The van der Waals surface area contributed by atoms with Crippen LogP contribution in [-0.4, -0.2) is 42.1 Å². The lowest BCUT2D eigenvalue weighted by Crippen LogP contribution is -2.31. The number of aromatic nitrogens is 3. The summed E-state index contributed by atoms with van der Waals surface area (Å²) in [4.78, 5) is 8.46. The van der Waals surface area contributed by atoms with Crippen LogP contribution in [0.5, 0.6) is 0 Å². The van der Waals surface area contributed by atoms with E-state index in [-0.39, 0.29) is 5.82 Å². The van der Waals surface area contributed by atoms with Gasteiger partial charge >= 0.3 is 0 Å². The van der Waals surface area contributed by atoms with Crippen LogP contribution in [0, 0.1) is 18.7 Å². The van der Waals surface area contributed by atoms with E-state index in [1.165, 1.54) is 30.6 Å². The summed E-state index contributed by atoms with van der Waals surface area (Å²) in [6.07, 6.45) is 0.522. The highest BCUT2D eigenvalue weighted by Crippen LogP contribution is 2.43. The normalized spacial score (nSPS) is 27.1. The van der Waals surface area contributed by atoms with Gasteiger partial charge in [-0.1, -0.05) is 12.1 Å². The van der Waals surface area contributed by atoms with Crippen LogP contribution >= 0.6 is 0 Å². The minimum absolute atomic E-state index is 0.369. The number of hydrogen-bond donors (Lipinski definition) is 3. The Morgan fingerprint density at radius 1 is 1.12 bits per heavy atom. The lowest BCUT2D eigenvalue weighted by atomic mass is 9.92. The third kappa shape index (κ3) is 2.68. The second kappa shape index (κ2) is 6.42. The number of aryl methyl sites for hydroxylation is 1. The van der Waals surface area contributed by atoms with E-state index in [1.54, 1.807) is 0 Å². The fraction of sp³-hybridized carbons (Fsp3) is 0.368. The molecule has 3 aromatic rings. The van der Waals surface area contributed by atoms with Gasteiger partial charge in [0.25, 0.3) is 0 Å². The average molecular weight is 357 g/mol. The zero-order valence-corrected chi connectivity index (χ0v) is 14.2. The van der Waals surface area contributed by atoms with Crippen LogP contribution in [-0.2, 0) is 0 Å². The number of fused-ring (bicyclic) bond motifs is 1. The van der Waals surface area contributed by atoms with E-state index in [0.29, 0.717) is 17.6 Å². The number of halogens is 1. The number of hydrogen-bond acceptors (Lipinski definition) is 5. The Morgan fingerprint density at radius 2 is 1.85 bits per heavy atom. The van der Waals surface area contributed by atoms with Crippen LogP contribution in [0.4, 0.5) is 4.39 Å². The van der Waals surface area contributed by atoms with Gasteiger partial charge in [-0.25, -0.2) is 14.4 Å². The molecule has 2 aromatic heterocycles. The molecule has 1 aliphatic rings. The maximum atomic E-state index is 13.1. The molecule has 0 amide bonds. The summed E-state index contributed by atoms with van der Waals surface area (Å²) in [5.74, 6) is -0.958. The molecule has 0 spiro atoms. The molecule has 136 valence electrons. The highest BCUT2D eigenvalue weighted by molar-refractivity contribution is 5.78. The number of aliphatic hydroxyl groups is 3. The van der Waals surface area contributed by atoms with Gasteiger partial charge in [0, 0.05) is 17.5 Å². The Bertz CT molecular complexity index is 927. The topological polar surface area (TPSA) is 91.4 Å². The number of benzene rings is 1. The van der Waals surface area contributed by atoms with Crippen molar-refractivity contribution in [3.63, 3.8) is 0 Å². The largest absolute Gasteiger partial charge is 0.390 e. The summed E-state index contributed by atoms with van der Waals surface area (Å²) in [6.45, 7) is 1.88. The molecule has 1 saturated carbocycles. The van der Waals surface area contributed by atoms with Crippen molar-refractivity contribution in [3.05, 3.63) is 59.9 Å². The van der Waals surface area contributed by atoms with Crippen molar-refractivity contribution in [3.8, 4) is 0 Å². The molecule has 1 aromatic carbocycles. The van der Waals surface area contributed by atoms with Crippen molar-refractivity contribution < 1.29 is 19.7 Å². The SMILES string of the molecule is Cc1ncnc2c1ccn2C1CC(C(O)c2ccc(F)cc2)[C@@H](O)[C@H]1O. The van der Waals surface area contributed by atoms with Gasteiger partial charge in [0.05, 0.1) is 23.9 Å². The molecule has 0 radical (unpaired) electrons. The number of rotatable bonds is 3. The zero-order chi connectivity index (χ0) is 18.4. The lowest BCUT2D eigenvalue weighted by Gasteiger charge is -2.22. The third-order valence-electron chi connectivity index (χ3n) is 5.38. The zero-order valence-electron chi connectivity index (χ0n) is 14.2. The molecular weight excluding hydrogens is 337 g/mol. The van der Waals surface area contributed by atoms with Crippen molar-refractivity contribution in [1.82, 2.24) is 14.5 Å². The van der Waals surface area contributed by atoms with E-state index >= 15 is 0 Å². The van der Waals surface area contributed by atoms with E-state index in [0.717, 1.165) is 11.1 Å². The predicted molar refractivity (Wildman–Crippen MR) is 92.8 cm³/mol. The first-order chi connectivity index (χ1) is 12.5. The fourth-order valence-electron chi connectivity index (χ4n) is 3.90. The Labute approximate surface area is 149 Å². The Kier molecular flexibility index (Phi) is 4.22. The second-order valence-corrected chi connectivity index (χ2v) is 6.86. The van der Waals surface area contributed by atoms with Crippen LogP contribution in [0.25, 0.3) is 11.0 Å². The van der Waals surface area contributed by atoms with Gasteiger partial charge in [-0.3, -0.25) is 0 Å². The highest BCUT2D eigenvalue weighted by Gasteiger charge is 2.46. The summed E-state index contributed by atoms with van der Waals surface area (Å²) in [5.41, 5.74) is 2.04. The molecule has 2 heterocycles.